The van der Waals surface area contributed by atoms with E-state index >= 15 is 0 Å². The molecule has 20 heavy (non-hydrogen) atoms. The fraction of sp³-hybridized carbons (Fsp3) is 0.312. The molecule has 3 nitrogen and oxygen atoms in total. The number of anilines is 2. The number of carbonyl (C=O) groups excluding carboxylic acids is 1. The average molecular weight is 286 g/mol. The van der Waals surface area contributed by atoms with Gasteiger partial charge >= 0.3 is 0 Å². The van der Waals surface area contributed by atoms with Crippen molar-refractivity contribution in [2.45, 2.75) is 32.6 Å². The van der Waals surface area contributed by atoms with Gasteiger partial charge in [-0.2, -0.15) is 0 Å². The molecule has 3 rings (SSSR count). The minimum atomic E-state index is -0.0556. The first-order valence-corrected chi connectivity index (χ1v) is 7.74. The number of benzene rings is 1. The van der Waals surface area contributed by atoms with E-state index in [2.05, 4.69) is 5.32 Å². The largest absolute Gasteiger partial charge is 0.397 e. The monoisotopic (exact) mass is 286 g/mol. The second-order valence-corrected chi connectivity index (χ2v) is 6.45. The van der Waals surface area contributed by atoms with Crippen molar-refractivity contribution in [3.05, 3.63) is 45.1 Å². The van der Waals surface area contributed by atoms with E-state index in [1.165, 1.54) is 23.3 Å². The van der Waals surface area contributed by atoms with Crippen LogP contribution in [0.15, 0.2) is 24.3 Å². The zero-order valence-corrected chi connectivity index (χ0v) is 12.3. The Hall–Kier alpha value is -1.81. The summed E-state index contributed by atoms with van der Waals surface area (Å²) >= 11 is 1.62. The molecule has 1 aromatic heterocycles. The van der Waals surface area contributed by atoms with Gasteiger partial charge in [0, 0.05) is 4.88 Å². The number of amides is 1. The van der Waals surface area contributed by atoms with Crippen molar-refractivity contribution in [1.29, 1.82) is 0 Å². The number of hydrogen-bond donors (Lipinski definition) is 2. The molecule has 104 valence electrons. The van der Waals surface area contributed by atoms with Crippen molar-refractivity contribution in [3.8, 4) is 0 Å². The molecular weight excluding hydrogens is 268 g/mol. The normalized spacial score (nSPS) is 13.8. The van der Waals surface area contributed by atoms with Gasteiger partial charge in [-0.25, -0.2) is 0 Å². The molecule has 1 heterocycles. The van der Waals surface area contributed by atoms with Crippen LogP contribution in [0.3, 0.4) is 0 Å². The van der Waals surface area contributed by atoms with Crippen LogP contribution in [-0.4, -0.2) is 5.91 Å². The lowest BCUT2D eigenvalue weighted by molar-refractivity contribution is 0.103. The Labute approximate surface area is 122 Å². The van der Waals surface area contributed by atoms with Crippen molar-refractivity contribution in [2.75, 3.05) is 11.1 Å². The van der Waals surface area contributed by atoms with E-state index in [1.54, 1.807) is 11.3 Å². The number of hydrogen-bond acceptors (Lipinski definition) is 3. The van der Waals surface area contributed by atoms with E-state index in [4.69, 9.17) is 5.73 Å². The molecule has 0 saturated carbocycles. The standard InChI is InChI=1S/C16H18N2OS/c1-10-6-7-13(12(17)8-10)18-16(19)15-9-11-4-2-3-5-14(11)20-15/h6-9H,2-5,17H2,1H3,(H,18,19). The van der Waals surface area contributed by atoms with Crippen molar-refractivity contribution in [2.24, 2.45) is 0 Å². The summed E-state index contributed by atoms with van der Waals surface area (Å²) in [5, 5.41) is 2.91. The highest BCUT2D eigenvalue weighted by atomic mass is 32.1. The van der Waals surface area contributed by atoms with Gasteiger partial charge in [0.2, 0.25) is 0 Å². The highest BCUT2D eigenvalue weighted by Crippen LogP contribution is 2.30. The molecule has 0 radical (unpaired) electrons. The Balaban J connectivity index is 1.80. The second kappa shape index (κ2) is 5.29. The molecule has 2 aromatic rings. The van der Waals surface area contributed by atoms with Gasteiger partial charge in [-0.1, -0.05) is 6.07 Å². The predicted octanol–water partition coefficient (Wildman–Crippen LogP) is 3.77. The minimum absolute atomic E-state index is 0.0556. The third-order valence-electron chi connectivity index (χ3n) is 3.68. The lowest BCUT2D eigenvalue weighted by Crippen LogP contribution is -2.11. The molecule has 0 aliphatic heterocycles. The number of nitrogens with two attached hydrogens (primary N) is 1. The van der Waals surface area contributed by atoms with E-state index in [-0.39, 0.29) is 5.91 Å². The third-order valence-corrected chi connectivity index (χ3v) is 4.91. The van der Waals surface area contributed by atoms with Crippen molar-refractivity contribution < 1.29 is 4.79 Å². The van der Waals surface area contributed by atoms with E-state index in [1.807, 2.05) is 31.2 Å². The molecular formula is C16H18N2OS. The Bertz CT molecular complexity index is 637. The van der Waals surface area contributed by atoms with Gasteiger partial charge in [0.05, 0.1) is 16.3 Å². The van der Waals surface area contributed by atoms with E-state index in [0.717, 1.165) is 23.3 Å². The number of fused-ring (bicyclic) bond motifs is 1. The molecule has 4 heteroatoms. The maximum absolute atomic E-state index is 12.3. The maximum Gasteiger partial charge on any atom is 0.265 e. The zero-order valence-electron chi connectivity index (χ0n) is 11.5. The molecule has 1 aliphatic carbocycles. The first-order chi connectivity index (χ1) is 9.63. The first-order valence-electron chi connectivity index (χ1n) is 6.92. The number of rotatable bonds is 2. The molecule has 0 fully saturated rings. The summed E-state index contributed by atoms with van der Waals surface area (Å²) in [6.07, 6.45) is 4.68. The summed E-state index contributed by atoms with van der Waals surface area (Å²) in [6, 6.07) is 7.72. The summed E-state index contributed by atoms with van der Waals surface area (Å²) in [4.78, 5) is 14.5. The second-order valence-electron chi connectivity index (χ2n) is 5.31. The van der Waals surface area contributed by atoms with Gasteiger partial charge in [-0.15, -0.1) is 11.3 Å². The smallest absolute Gasteiger partial charge is 0.265 e. The number of nitrogen functional groups attached to an aromatic ring is 1. The third kappa shape index (κ3) is 2.56. The van der Waals surface area contributed by atoms with Gasteiger partial charge in [0.1, 0.15) is 0 Å². The van der Waals surface area contributed by atoms with Crippen molar-refractivity contribution >= 4 is 28.6 Å². The van der Waals surface area contributed by atoms with Crippen LogP contribution in [0, 0.1) is 6.92 Å². The van der Waals surface area contributed by atoms with Crippen LogP contribution in [0.25, 0.3) is 0 Å². The number of thiophene rings is 1. The quantitative estimate of drug-likeness (QED) is 0.826. The minimum Gasteiger partial charge on any atom is -0.397 e. The van der Waals surface area contributed by atoms with Crippen LogP contribution in [0.1, 0.15) is 38.5 Å². The van der Waals surface area contributed by atoms with Gasteiger partial charge in [0.25, 0.3) is 5.91 Å². The summed E-state index contributed by atoms with van der Waals surface area (Å²) < 4.78 is 0. The molecule has 1 aliphatic rings. The van der Waals surface area contributed by atoms with Gasteiger partial charge in [-0.3, -0.25) is 4.79 Å². The van der Waals surface area contributed by atoms with E-state index in [0.29, 0.717) is 11.4 Å². The van der Waals surface area contributed by atoms with E-state index in [9.17, 15) is 4.79 Å². The van der Waals surface area contributed by atoms with Gasteiger partial charge in [0.15, 0.2) is 0 Å². The molecule has 0 spiro atoms. The highest BCUT2D eigenvalue weighted by molar-refractivity contribution is 7.14. The van der Waals surface area contributed by atoms with Crippen LogP contribution < -0.4 is 11.1 Å². The van der Waals surface area contributed by atoms with Crippen LogP contribution in [0.5, 0.6) is 0 Å². The SMILES string of the molecule is Cc1ccc(NC(=O)c2cc3c(s2)CCCC3)c(N)c1. The van der Waals surface area contributed by atoms with Gasteiger partial charge in [-0.05, 0) is 61.9 Å². The molecule has 3 N–H and O–H groups in total. The van der Waals surface area contributed by atoms with Crippen LogP contribution in [0.2, 0.25) is 0 Å². The summed E-state index contributed by atoms with van der Waals surface area (Å²) in [6.45, 7) is 1.98. The van der Waals surface area contributed by atoms with Crippen LogP contribution in [-0.2, 0) is 12.8 Å². The predicted molar refractivity (Wildman–Crippen MR) is 84.5 cm³/mol. The van der Waals surface area contributed by atoms with Crippen LogP contribution in [0.4, 0.5) is 11.4 Å². The molecule has 1 aromatic carbocycles. The highest BCUT2D eigenvalue weighted by Gasteiger charge is 2.17. The van der Waals surface area contributed by atoms with Crippen molar-refractivity contribution in [1.82, 2.24) is 0 Å². The number of aryl methyl sites for hydroxylation is 3. The first kappa shape index (κ1) is 13.2. The zero-order chi connectivity index (χ0) is 14.1. The Morgan fingerprint density at radius 1 is 1.25 bits per heavy atom. The topological polar surface area (TPSA) is 55.1 Å². The maximum atomic E-state index is 12.3. The lowest BCUT2D eigenvalue weighted by atomic mass is 9.99. The van der Waals surface area contributed by atoms with Crippen molar-refractivity contribution in [3.63, 3.8) is 0 Å². The summed E-state index contributed by atoms with van der Waals surface area (Å²) in [7, 11) is 0. The fourth-order valence-corrected chi connectivity index (χ4v) is 3.73. The molecule has 0 atom stereocenters. The molecule has 0 unspecified atom stereocenters. The lowest BCUT2D eigenvalue weighted by Gasteiger charge is -2.08. The van der Waals surface area contributed by atoms with Crippen LogP contribution >= 0.6 is 11.3 Å². The number of carbonyl (C=O) groups is 1. The average Bonchev–Trinajstić information content (AvgIpc) is 2.86. The van der Waals surface area contributed by atoms with Gasteiger partial charge < -0.3 is 11.1 Å². The molecule has 0 saturated heterocycles. The summed E-state index contributed by atoms with van der Waals surface area (Å²) in [5.74, 6) is -0.0556. The molecule has 1 amide bonds. The fourth-order valence-electron chi connectivity index (χ4n) is 2.58. The molecule has 0 bridgehead atoms. The number of nitrogens with one attached hydrogen (secondary N) is 1. The van der Waals surface area contributed by atoms with E-state index < -0.39 is 0 Å². The Kier molecular flexibility index (Phi) is 3.49. The Morgan fingerprint density at radius 2 is 2.05 bits per heavy atom. The summed E-state index contributed by atoms with van der Waals surface area (Å²) in [5.41, 5.74) is 9.67. The Morgan fingerprint density at radius 3 is 2.80 bits per heavy atom.